The molecule has 0 aliphatic carbocycles. The third kappa shape index (κ3) is 3.91. The smallest absolute Gasteiger partial charge is 0.337 e. The molecule has 0 aliphatic rings. The van der Waals surface area contributed by atoms with Gasteiger partial charge in [0.2, 0.25) is 5.91 Å². The van der Waals surface area contributed by atoms with Crippen LogP contribution < -0.4 is 16.4 Å². The van der Waals surface area contributed by atoms with E-state index in [4.69, 9.17) is 10.8 Å². The van der Waals surface area contributed by atoms with Crippen molar-refractivity contribution in [1.82, 2.24) is 5.32 Å². The molecule has 0 unspecified atom stereocenters. The van der Waals surface area contributed by atoms with Crippen molar-refractivity contribution in [3.63, 3.8) is 0 Å². The quantitative estimate of drug-likeness (QED) is 0.629. The minimum atomic E-state index is -1.55. The lowest BCUT2D eigenvalue weighted by Crippen LogP contribution is -2.36. The van der Waals surface area contributed by atoms with E-state index < -0.39 is 47.3 Å². The Kier molecular flexibility index (Phi) is 4.35. The molecule has 9 heteroatoms. The van der Waals surface area contributed by atoms with E-state index in [2.05, 4.69) is 0 Å². The summed E-state index contributed by atoms with van der Waals surface area (Å²) in [7, 11) is 0. The summed E-state index contributed by atoms with van der Waals surface area (Å²) < 4.78 is 25.9. The second-order valence-corrected chi connectivity index (χ2v) is 3.39. The number of nitrogens with one attached hydrogen (secondary N) is 2. The highest BCUT2D eigenvalue weighted by Gasteiger charge is 2.17. The molecule has 0 aliphatic heterocycles. The Morgan fingerprint density at radius 2 is 1.79 bits per heavy atom. The van der Waals surface area contributed by atoms with Crippen LogP contribution in [0.1, 0.15) is 10.4 Å². The van der Waals surface area contributed by atoms with Crippen molar-refractivity contribution >= 4 is 23.6 Å². The molecule has 5 N–H and O–H groups in total. The Morgan fingerprint density at radius 3 is 2.32 bits per heavy atom. The van der Waals surface area contributed by atoms with Crippen molar-refractivity contribution in [3.05, 3.63) is 29.3 Å². The summed E-state index contributed by atoms with van der Waals surface area (Å²) in [4.78, 5) is 32.5. The van der Waals surface area contributed by atoms with Gasteiger partial charge in [-0.2, -0.15) is 0 Å². The van der Waals surface area contributed by atoms with E-state index in [0.29, 0.717) is 12.1 Å². The summed E-state index contributed by atoms with van der Waals surface area (Å²) >= 11 is 0. The molecule has 102 valence electrons. The fourth-order valence-corrected chi connectivity index (χ4v) is 1.16. The molecule has 0 saturated carbocycles. The topological polar surface area (TPSA) is 122 Å². The molecule has 0 radical (unpaired) electrons. The number of carboxylic acid groups (broad SMARTS) is 1. The lowest BCUT2D eigenvalue weighted by Gasteiger charge is -2.09. The first kappa shape index (κ1) is 14.4. The SMILES string of the molecule is NC(=O)CNC(=O)Nc1cc(F)c(F)cc1C(=O)O. The zero-order valence-corrected chi connectivity index (χ0v) is 9.37. The number of carbonyl (C=O) groups is 3. The molecule has 19 heavy (non-hydrogen) atoms. The number of carbonyl (C=O) groups excluding carboxylic acids is 2. The van der Waals surface area contributed by atoms with Crippen LogP contribution in [0.2, 0.25) is 0 Å². The highest BCUT2D eigenvalue weighted by atomic mass is 19.2. The first-order valence-electron chi connectivity index (χ1n) is 4.86. The van der Waals surface area contributed by atoms with Crippen molar-refractivity contribution in [2.24, 2.45) is 5.73 Å². The maximum Gasteiger partial charge on any atom is 0.337 e. The molecule has 0 atom stereocenters. The average molecular weight is 273 g/mol. The number of hydrogen-bond acceptors (Lipinski definition) is 3. The molecule has 1 aromatic carbocycles. The third-order valence-electron chi connectivity index (χ3n) is 1.96. The van der Waals surface area contributed by atoms with Gasteiger partial charge < -0.3 is 21.5 Å². The Morgan fingerprint density at radius 1 is 1.21 bits per heavy atom. The van der Waals surface area contributed by atoms with Gasteiger partial charge in [0, 0.05) is 6.07 Å². The van der Waals surface area contributed by atoms with Gasteiger partial charge in [-0.1, -0.05) is 0 Å². The number of rotatable bonds is 4. The van der Waals surface area contributed by atoms with Gasteiger partial charge in [0.15, 0.2) is 11.6 Å². The van der Waals surface area contributed by atoms with Gasteiger partial charge in [-0.15, -0.1) is 0 Å². The third-order valence-corrected chi connectivity index (χ3v) is 1.96. The van der Waals surface area contributed by atoms with E-state index in [1.54, 1.807) is 0 Å². The van der Waals surface area contributed by atoms with E-state index >= 15 is 0 Å². The standard InChI is InChI=1S/C10H9F2N3O4/c11-5-1-4(9(17)18)7(2-6(5)12)15-10(19)14-3-8(13)16/h1-2H,3H2,(H2,13,16)(H,17,18)(H2,14,15,19). The average Bonchev–Trinajstić information content (AvgIpc) is 2.30. The molecular weight excluding hydrogens is 264 g/mol. The van der Waals surface area contributed by atoms with Crippen LogP contribution in [-0.2, 0) is 4.79 Å². The Bertz CT molecular complexity index is 548. The van der Waals surface area contributed by atoms with Crippen molar-refractivity contribution in [3.8, 4) is 0 Å². The van der Waals surface area contributed by atoms with Crippen LogP contribution >= 0.6 is 0 Å². The minimum absolute atomic E-state index is 0.432. The number of carboxylic acids is 1. The van der Waals surface area contributed by atoms with Gasteiger partial charge in [-0.25, -0.2) is 18.4 Å². The van der Waals surface area contributed by atoms with E-state index in [-0.39, 0.29) is 0 Å². The van der Waals surface area contributed by atoms with Gasteiger partial charge in [-0.3, -0.25) is 4.79 Å². The van der Waals surface area contributed by atoms with Crippen LogP contribution in [0.4, 0.5) is 19.3 Å². The van der Waals surface area contributed by atoms with Crippen LogP contribution in [0, 0.1) is 11.6 Å². The zero-order valence-electron chi connectivity index (χ0n) is 9.37. The maximum atomic E-state index is 13.0. The molecule has 7 nitrogen and oxygen atoms in total. The molecule has 0 saturated heterocycles. The van der Waals surface area contributed by atoms with Gasteiger partial charge in [0.25, 0.3) is 0 Å². The van der Waals surface area contributed by atoms with E-state index in [0.717, 1.165) is 0 Å². The van der Waals surface area contributed by atoms with E-state index in [9.17, 15) is 23.2 Å². The number of aromatic carboxylic acids is 1. The van der Waals surface area contributed by atoms with Crippen LogP contribution in [0.3, 0.4) is 0 Å². The van der Waals surface area contributed by atoms with E-state index in [1.165, 1.54) is 0 Å². The van der Waals surface area contributed by atoms with Crippen molar-refractivity contribution < 1.29 is 28.3 Å². The number of primary amides is 1. The van der Waals surface area contributed by atoms with Crippen LogP contribution in [0.15, 0.2) is 12.1 Å². The second-order valence-electron chi connectivity index (χ2n) is 3.39. The first-order chi connectivity index (χ1) is 8.81. The number of hydrogen-bond donors (Lipinski definition) is 4. The molecule has 0 heterocycles. The number of benzene rings is 1. The highest BCUT2D eigenvalue weighted by molar-refractivity contribution is 6.00. The molecular formula is C10H9F2N3O4. The maximum absolute atomic E-state index is 13.0. The molecule has 0 spiro atoms. The summed E-state index contributed by atoms with van der Waals surface area (Å²) in [6, 6.07) is -0.0309. The zero-order chi connectivity index (χ0) is 14.6. The Balaban J connectivity index is 2.93. The summed E-state index contributed by atoms with van der Waals surface area (Å²) in [5.74, 6) is -5.06. The monoisotopic (exact) mass is 273 g/mol. The number of urea groups is 1. The lowest BCUT2D eigenvalue weighted by molar-refractivity contribution is -0.117. The predicted molar refractivity (Wildman–Crippen MR) is 59.5 cm³/mol. The Hall–Kier alpha value is -2.71. The normalized spacial score (nSPS) is 9.79. The fraction of sp³-hybridized carbons (Fsp3) is 0.100. The van der Waals surface area contributed by atoms with Crippen molar-refractivity contribution in [2.75, 3.05) is 11.9 Å². The first-order valence-corrected chi connectivity index (χ1v) is 4.86. The summed E-state index contributed by atoms with van der Waals surface area (Å²) in [5, 5.41) is 12.7. The molecule has 1 rings (SSSR count). The number of anilines is 1. The van der Waals surface area contributed by atoms with Crippen LogP contribution in [-0.4, -0.2) is 29.6 Å². The number of amides is 3. The number of nitrogens with two attached hydrogens (primary N) is 1. The summed E-state index contributed by atoms with van der Waals surface area (Å²) in [6.45, 7) is -0.488. The fourth-order valence-electron chi connectivity index (χ4n) is 1.16. The van der Waals surface area contributed by atoms with Crippen molar-refractivity contribution in [1.29, 1.82) is 0 Å². The predicted octanol–water partition coefficient (Wildman–Crippen LogP) is 0.270. The van der Waals surface area contributed by atoms with Gasteiger partial charge in [0.1, 0.15) is 0 Å². The molecule has 3 amide bonds. The highest BCUT2D eigenvalue weighted by Crippen LogP contribution is 2.20. The second kappa shape index (κ2) is 5.76. The minimum Gasteiger partial charge on any atom is -0.478 e. The van der Waals surface area contributed by atoms with Crippen LogP contribution in [0.25, 0.3) is 0 Å². The summed E-state index contributed by atoms with van der Waals surface area (Å²) in [5.41, 5.74) is 3.69. The van der Waals surface area contributed by atoms with Crippen molar-refractivity contribution in [2.45, 2.75) is 0 Å². The van der Waals surface area contributed by atoms with Crippen LogP contribution in [0.5, 0.6) is 0 Å². The Labute approximate surface area is 105 Å². The molecule has 0 aromatic heterocycles. The molecule has 1 aromatic rings. The lowest BCUT2D eigenvalue weighted by atomic mass is 10.1. The molecule has 0 bridgehead atoms. The summed E-state index contributed by atoms with van der Waals surface area (Å²) in [6.07, 6.45) is 0. The van der Waals surface area contributed by atoms with Gasteiger partial charge >= 0.3 is 12.0 Å². The largest absolute Gasteiger partial charge is 0.478 e. The van der Waals surface area contributed by atoms with Gasteiger partial charge in [-0.05, 0) is 6.07 Å². The van der Waals surface area contributed by atoms with E-state index in [1.807, 2.05) is 10.6 Å². The molecule has 0 fully saturated rings. The van der Waals surface area contributed by atoms with Gasteiger partial charge in [0.05, 0.1) is 17.8 Å². The number of halogens is 2.